The van der Waals surface area contributed by atoms with Crippen LogP contribution < -0.4 is 5.32 Å². The average molecular weight is 347 g/mol. The van der Waals surface area contributed by atoms with Gasteiger partial charge in [-0.05, 0) is 29.8 Å². The van der Waals surface area contributed by atoms with E-state index < -0.39 is 0 Å². The molecule has 0 spiro atoms. The van der Waals surface area contributed by atoms with E-state index in [-0.39, 0.29) is 24.3 Å². The van der Waals surface area contributed by atoms with Crippen molar-refractivity contribution in [1.82, 2.24) is 19.7 Å². The van der Waals surface area contributed by atoms with Crippen molar-refractivity contribution in [3.05, 3.63) is 78.8 Å². The first kappa shape index (κ1) is 15.9. The molecule has 1 amide bonds. The van der Waals surface area contributed by atoms with E-state index in [0.29, 0.717) is 11.6 Å². The van der Waals surface area contributed by atoms with Crippen molar-refractivity contribution >= 4 is 11.9 Å². The molecule has 0 radical (unpaired) electrons. The largest absolute Gasteiger partial charge is 0.461 e. The molecule has 0 fully saturated rings. The number of furan rings is 1. The van der Waals surface area contributed by atoms with Crippen LogP contribution in [0.4, 0.5) is 5.95 Å². The highest BCUT2D eigenvalue weighted by Gasteiger charge is 2.18. The number of anilines is 1. The molecule has 7 nitrogen and oxygen atoms in total. The first-order valence-corrected chi connectivity index (χ1v) is 8.23. The first-order valence-electron chi connectivity index (χ1n) is 8.23. The predicted octanol–water partition coefficient (Wildman–Crippen LogP) is 3.48. The van der Waals surface area contributed by atoms with Crippen LogP contribution in [-0.4, -0.2) is 25.7 Å². The van der Waals surface area contributed by atoms with Gasteiger partial charge in [0, 0.05) is 12.4 Å². The fraction of sp³-hybridized carbons (Fsp3) is 0.105. The number of nitrogens with one attached hydrogen (secondary N) is 2. The molecule has 2 N–H and O–H groups in total. The Morgan fingerprint density at radius 2 is 1.92 bits per heavy atom. The third kappa shape index (κ3) is 3.41. The number of H-pyrrole nitrogens is 1. The van der Waals surface area contributed by atoms with Crippen LogP contribution in [0.5, 0.6) is 0 Å². The normalized spacial score (nSPS) is 12.0. The van der Waals surface area contributed by atoms with Crippen molar-refractivity contribution in [3.63, 3.8) is 0 Å². The lowest BCUT2D eigenvalue weighted by atomic mass is 10.0. The molecule has 0 aliphatic carbocycles. The van der Waals surface area contributed by atoms with E-state index in [4.69, 9.17) is 4.42 Å². The number of nitrogens with zero attached hydrogens (tertiary/aromatic N) is 3. The summed E-state index contributed by atoms with van der Waals surface area (Å²) in [5, 5.41) is 9.51. The molecule has 4 aromatic rings. The van der Waals surface area contributed by atoms with Crippen LogP contribution in [0.1, 0.15) is 18.0 Å². The van der Waals surface area contributed by atoms with E-state index in [9.17, 15) is 4.79 Å². The molecule has 130 valence electrons. The topological polar surface area (TPSA) is 88.7 Å². The smallest absolute Gasteiger partial charge is 0.249 e. The minimum absolute atomic E-state index is 0.102. The van der Waals surface area contributed by atoms with E-state index in [1.807, 2.05) is 59.4 Å². The molecule has 26 heavy (non-hydrogen) atoms. The van der Waals surface area contributed by atoms with E-state index in [2.05, 4.69) is 20.5 Å². The number of hydrogen-bond donors (Lipinski definition) is 2. The molecule has 1 atom stereocenters. The number of carbonyl (C=O) groups is 1. The van der Waals surface area contributed by atoms with Crippen molar-refractivity contribution in [1.29, 1.82) is 0 Å². The molecular weight excluding hydrogens is 330 g/mol. The van der Waals surface area contributed by atoms with Crippen molar-refractivity contribution in [2.75, 3.05) is 5.32 Å². The lowest BCUT2D eigenvalue weighted by Crippen LogP contribution is -2.20. The SMILES string of the molecule is O=C(C[C@H](c1ccccc1)n1cccc1)Nc1n[nH]c(-c2ccco2)n1. The van der Waals surface area contributed by atoms with E-state index in [1.165, 1.54) is 0 Å². The fourth-order valence-corrected chi connectivity index (χ4v) is 2.82. The van der Waals surface area contributed by atoms with Crippen molar-refractivity contribution < 1.29 is 9.21 Å². The van der Waals surface area contributed by atoms with Gasteiger partial charge in [0.1, 0.15) is 0 Å². The van der Waals surface area contributed by atoms with Gasteiger partial charge in [0.05, 0.1) is 18.7 Å². The average Bonchev–Trinajstić information content (AvgIpc) is 3.41. The Hall–Kier alpha value is -3.61. The van der Waals surface area contributed by atoms with Crippen LogP contribution in [0.15, 0.2) is 77.7 Å². The number of carbonyl (C=O) groups excluding carboxylic acids is 1. The summed E-state index contributed by atoms with van der Waals surface area (Å²) >= 11 is 0. The lowest BCUT2D eigenvalue weighted by Gasteiger charge is -2.18. The zero-order valence-electron chi connectivity index (χ0n) is 13.9. The third-order valence-electron chi connectivity index (χ3n) is 4.04. The van der Waals surface area contributed by atoms with Crippen LogP contribution in [0.3, 0.4) is 0 Å². The van der Waals surface area contributed by atoms with Crippen molar-refractivity contribution in [2.24, 2.45) is 0 Å². The lowest BCUT2D eigenvalue weighted by molar-refractivity contribution is -0.116. The molecule has 0 unspecified atom stereocenters. The monoisotopic (exact) mass is 347 g/mol. The second-order valence-electron chi connectivity index (χ2n) is 5.79. The van der Waals surface area contributed by atoms with Gasteiger partial charge in [-0.2, -0.15) is 4.98 Å². The second kappa shape index (κ2) is 7.10. The summed E-state index contributed by atoms with van der Waals surface area (Å²) in [6.45, 7) is 0. The van der Waals surface area contributed by atoms with Gasteiger partial charge in [-0.25, -0.2) is 0 Å². The Labute approximate surface area is 149 Å². The summed E-state index contributed by atoms with van der Waals surface area (Å²) in [6, 6.07) is 17.2. The number of benzene rings is 1. The molecule has 0 saturated carbocycles. The molecule has 0 bridgehead atoms. The summed E-state index contributed by atoms with van der Waals surface area (Å²) < 4.78 is 7.27. The maximum Gasteiger partial charge on any atom is 0.249 e. The number of amides is 1. The quantitative estimate of drug-likeness (QED) is 0.559. The minimum Gasteiger partial charge on any atom is -0.461 e. The molecule has 3 aromatic heterocycles. The van der Waals surface area contributed by atoms with Gasteiger partial charge in [0.15, 0.2) is 11.6 Å². The Balaban J connectivity index is 1.49. The summed E-state index contributed by atoms with van der Waals surface area (Å²) in [4.78, 5) is 16.8. The van der Waals surface area contributed by atoms with Gasteiger partial charge in [0.2, 0.25) is 11.9 Å². The van der Waals surface area contributed by atoms with Gasteiger partial charge in [-0.15, -0.1) is 5.10 Å². The zero-order chi connectivity index (χ0) is 17.8. The van der Waals surface area contributed by atoms with Crippen LogP contribution >= 0.6 is 0 Å². The van der Waals surface area contributed by atoms with Gasteiger partial charge in [-0.3, -0.25) is 15.2 Å². The molecule has 0 aliphatic heterocycles. The molecule has 7 heteroatoms. The molecule has 4 rings (SSSR count). The predicted molar refractivity (Wildman–Crippen MR) is 96.3 cm³/mol. The standard InChI is InChI=1S/C19H17N5O2/c25-17(20-19-21-18(22-23-19)16-9-6-12-26-16)13-15(24-10-4-5-11-24)14-7-2-1-3-8-14/h1-12,15H,13H2,(H2,20,21,22,23,25)/t15-/m1/s1. The Morgan fingerprint density at radius 1 is 1.12 bits per heavy atom. The molecule has 0 saturated heterocycles. The first-order chi connectivity index (χ1) is 12.8. The van der Waals surface area contributed by atoms with Crippen LogP contribution in [0.25, 0.3) is 11.6 Å². The van der Waals surface area contributed by atoms with Crippen LogP contribution in [-0.2, 0) is 4.79 Å². The molecule has 3 heterocycles. The van der Waals surface area contributed by atoms with Gasteiger partial charge >= 0.3 is 0 Å². The number of aromatic amines is 1. The second-order valence-corrected chi connectivity index (χ2v) is 5.79. The summed E-state index contributed by atoms with van der Waals surface area (Å²) in [5.74, 6) is 1.08. The molecular formula is C19H17N5O2. The number of rotatable bonds is 6. The van der Waals surface area contributed by atoms with Crippen LogP contribution in [0.2, 0.25) is 0 Å². The minimum atomic E-state index is -0.169. The van der Waals surface area contributed by atoms with Gasteiger partial charge in [0.25, 0.3) is 0 Å². The summed E-state index contributed by atoms with van der Waals surface area (Å²) in [6.07, 6.45) is 5.72. The van der Waals surface area contributed by atoms with E-state index in [1.54, 1.807) is 18.4 Å². The molecule has 1 aromatic carbocycles. The highest BCUT2D eigenvalue weighted by atomic mass is 16.3. The zero-order valence-corrected chi connectivity index (χ0v) is 13.9. The Morgan fingerprint density at radius 3 is 2.65 bits per heavy atom. The number of aromatic nitrogens is 4. The highest BCUT2D eigenvalue weighted by Crippen LogP contribution is 2.23. The summed E-state index contributed by atoms with van der Waals surface area (Å²) in [7, 11) is 0. The van der Waals surface area contributed by atoms with Gasteiger partial charge in [-0.1, -0.05) is 30.3 Å². The van der Waals surface area contributed by atoms with E-state index >= 15 is 0 Å². The van der Waals surface area contributed by atoms with Crippen LogP contribution in [0, 0.1) is 0 Å². The summed E-state index contributed by atoms with van der Waals surface area (Å²) in [5.41, 5.74) is 1.06. The maximum absolute atomic E-state index is 12.5. The highest BCUT2D eigenvalue weighted by molar-refractivity contribution is 5.89. The van der Waals surface area contributed by atoms with E-state index in [0.717, 1.165) is 5.56 Å². The van der Waals surface area contributed by atoms with Crippen molar-refractivity contribution in [2.45, 2.75) is 12.5 Å². The molecule has 0 aliphatic rings. The Bertz CT molecular complexity index is 959. The number of hydrogen-bond acceptors (Lipinski definition) is 4. The maximum atomic E-state index is 12.5. The van der Waals surface area contributed by atoms with Crippen molar-refractivity contribution in [3.8, 4) is 11.6 Å². The van der Waals surface area contributed by atoms with Gasteiger partial charge < -0.3 is 8.98 Å². The Kier molecular flexibility index (Phi) is 4.34. The third-order valence-corrected chi connectivity index (χ3v) is 4.04. The fourth-order valence-electron chi connectivity index (χ4n) is 2.82.